The molecular formula is C19H19ClN2O4. The van der Waals surface area contributed by atoms with E-state index in [2.05, 4.69) is 10.6 Å². The predicted molar refractivity (Wildman–Crippen MR) is 100 cm³/mol. The zero-order chi connectivity index (χ0) is 18.5. The van der Waals surface area contributed by atoms with Gasteiger partial charge in [0.2, 0.25) is 11.8 Å². The van der Waals surface area contributed by atoms with Crippen LogP contribution in [0.5, 0.6) is 11.5 Å². The zero-order valence-corrected chi connectivity index (χ0v) is 15.1. The summed E-state index contributed by atoms with van der Waals surface area (Å²) in [6.07, 6.45) is 0.571. The number of ether oxygens (including phenoxy) is 2. The van der Waals surface area contributed by atoms with E-state index >= 15 is 0 Å². The van der Waals surface area contributed by atoms with Crippen LogP contribution in [0.25, 0.3) is 0 Å². The Bertz CT molecular complexity index is 821. The van der Waals surface area contributed by atoms with Gasteiger partial charge in [-0.15, -0.1) is 0 Å². The number of hydrogen-bond donors (Lipinski definition) is 2. The highest BCUT2D eigenvalue weighted by Crippen LogP contribution is 2.38. The summed E-state index contributed by atoms with van der Waals surface area (Å²) in [5.41, 5.74) is 2.07. The Labute approximate surface area is 156 Å². The molecule has 0 radical (unpaired) electrons. The highest BCUT2D eigenvalue weighted by atomic mass is 35.5. The van der Waals surface area contributed by atoms with E-state index in [1.165, 1.54) is 0 Å². The molecule has 1 aliphatic heterocycles. The maximum absolute atomic E-state index is 12.3. The molecule has 6 nitrogen and oxygen atoms in total. The minimum absolute atomic E-state index is 0.0581. The Morgan fingerprint density at radius 2 is 1.62 bits per heavy atom. The number of nitrogens with one attached hydrogen (secondary N) is 2. The third-order valence-electron chi connectivity index (χ3n) is 3.79. The van der Waals surface area contributed by atoms with Crippen LogP contribution in [0, 0.1) is 0 Å². The minimum Gasteiger partial charge on any atom is -0.486 e. The summed E-state index contributed by atoms with van der Waals surface area (Å²) in [7, 11) is 0. The molecule has 0 aliphatic carbocycles. The summed E-state index contributed by atoms with van der Waals surface area (Å²) < 4.78 is 11.0. The predicted octanol–water partition coefficient (Wildman–Crippen LogP) is 3.64. The van der Waals surface area contributed by atoms with Gasteiger partial charge in [0.05, 0.1) is 11.4 Å². The maximum atomic E-state index is 12.3. The highest BCUT2D eigenvalue weighted by Gasteiger charge is 2.17. The third kappa shape index (κ3) is 4.46. The summed E-state index contributed by atoms with van der Waals surface area (Å²) in [5, 5.41) is 6.00. The van der Waals surface area contributed by atoms with E-state index in [1.54, 1.807) is 43.3 Å². The fraction of sp³-hybridized carbons (Fsp3) is 0.263. The van der Waals surface area contributed by atoms with Crippen molar-refractivity contribution in [2.45, 2.75) is 19.8 Å². The van der Waals surface area contributed by atoms with Gasteiger partial charge < -0.3 is 20.1 Å². The van der Waals surface area contributed by atoms with Gasteiger partial charge in [-0.05, 0) is 42.0 Å². The number of carbonyl (C=O) groups is 2. The first-order valence-corrected chi connectivity index (χ1v) is 8.70. The quantitative estimate of drug-likeness (QED) is 0.837. The number of amides is 2. The van der Waals surface area contributed by atoms with Crippen molar-refractivity contribution in [2.24, 2.45) is 0 Å². The van der Waals surface area contributed by atoms with Gasteiger partial charge in [-0.25, -0.2) is 0 Å². The molecule has 0 spiro atoms. The van der Waals surface area contributed by atoms with Gasteiger partial charge >= 0.3 is 0 Å². The average Bonchev–Trinajstić information content (AvgIpc) is 2.63. The Morgan fingerprint density at radius 3 is 2.27 bits per heavy atom. The van der Waals surface area contributed by atoms with E-state index in [9.17, 15) is 9.59 Å². The lowest BCUT2D eigenvalue weighted by molar-refractivity contribution is -0.116. The Morgan fingerprint density at radius 1 is 1.00 bits per heavy atom. The van der Waals surface area contributed by atoms with Crippen LogP contribution in [0.2, 0.25) is 5.02 Å². The van der Waals surface area contributed by atoms with Gasteiger partial charge in [0.1, 0.15) is 13.2 Å². The summed E-state index contributed by atoms with van der Waals surface area (Å²) in [5.74, 6) is 0.842. The molecule has 136 valence electrons. The number of hydrogen-bond acceptors (Lipinski definition) is 4. The Balaban J connectivity index is 1.62. The van der Waals surface area contributed by atoms with E-state index in [-0.39, 0.29) is 18.2 Å². The molecular weight excluding hydrogens is 356 g/mol. The van der Waals surface area contributed by atoms with Crippen molar-refractivity contribution in [3.8, 4) is 11.5 Å². The monoisotopic (exact) mass is 374 g/mol. The van der Waals surface area contributed by atoms with Crippen LogP contribution >= 0.6 is 11.6 Å². The van der Waals surface area contributed by atoms with Crippen molar-refractivity contribution < 1.29 is 19.1 Å². The molecule has 0 bridgehead atoms. The lowest BCUT2D eigenvalue weighted by Crippen LogP contribution is -2.17. The number of halogens is 1. The third-order valence-corrected chi connectivity index (χ3v) is 4.08. The molecule has 1 heterocycles. The van der Waals surface area contributed by atoms with Gasteiger partial charge in [0, 0.05) is 17.8 Å². The van der Waals surface area contributed by atoms with Crippen LogP contribution < -0.4 is 20.1 Å². The Kier molecular flexibility index (Phi) is 5.63. The molecule has 3 rings (SSSR count). The summed E-state index contributed by atoms with van der Waals surface area (Å²) in [6.45, 7) is 2.70. The smallest absolute Gasteiger partial charge is 0.228 e. The topological polar surface area (TPSA) is 76.7 Å². The molecule has 0 unspecified atom stereocenters. The number of fused-ring (bicyclic) bond motifs is 1. The van der Waals surface area contributed by atoms with Gasteiger partial charge in [-0.1, -0.05) is 18.5 Å². The van der Waals surface area contributed by atoms with Crippen LogP contribution in [0.15, 0.2) is 36.4 Å². The summed E-state index contributed by atoms with van der Waals surface area (Å²) in [4.78, 5) is 23.6. The molecule has 2 aromatic carbocycles. The molecule has 2 aromatic rings. The fourth-order valence-corrected chi connectivity index (χ4v) is 2.83. The first-order valence-electron chi connectivity index (χ1n) is 8.33. The molecule has 0 saturated heterocycles. The maximum Gasteiger partial charge on any atom is 0.228 e. The lowest BCUT2D eigenvalue weighted by atomic mass is 10.1. The fourth-order valence-electron chi connectivity index (χ4n) is 2.54. The van der Waals surface area contributed by atoms with Crippen LogP contribution in [0.3, 0.4) is 0 Å². The first-order chi connectivity index (χ1) is 12.5. The molecule has 0 fully saturated rings. The van der Waals surface area contributed by atoms with E-state index in [0.717, 1.165) is 5.56 Å². The van der Waals surface area contributed by atoms with Crippen LogP contribution in [-0.4, -0.2) is 25.0 Å². The van der Waals surface area contributed by atoms with Crippen LogP contribution in [0.4, 0.5) is 11.4 Å². The van der Waals surface area contributed by atoms with Crippen LogP contribution in [0.1, 0.15) is 18.9 Å². The van der Waals surface area contributed by atoms with E-state index in [1.807, 2.05) is 0 Å². The molecule has 7 heteroatoms. The number of benzene rings is 2. The summed E-state index contributed by atoms with van der Waals surface area (Å²) in [6, 6.07) is 10.4. The number of carbonyl (C=O) groups excluding carboxylic acids is 2. The molecule has 2 amide bonds. The zero-order valence-electron chi connectivity index (χ0n) is 14.3. The molecule has 2 N–H and O–H groups in total. The second-order valence-corrected chi connectivity index (χ2v) is 6.21. The largest absolute Gasteiger partial charge is 0.486 e. The Hall–Kier alpha value is -2.73. The van der Waals surface area contributed by atoms with Crippen molar-refractivity contribution in [3.05, 3.63) is 47.0 Å². The molecule has 1 aliphatic rings. The lowest BCUT2D eigenvalue weighted by Gasteiger charge is -2.20. The van der Waals surface area contributed by atoms with Gasteiger partial charge in [0.25, 0.3) is 0 Å². The summed E-state index contributed by atoms with van der Waals surface area (Å²) >= 11 is 6.19. The highest BCUT2D eigenvalue weighted by molar-refractivity contribution is 6.32. The van der Waals surface area contributed by atoms with Gasteiger partial charge in [0.15, 0.2) is 11.5 Å². The first kappa shape index (κ1) is 18.1. The van der Waals surface area contributed by atoms with Crippen molar-refractivity contribution in [3.63, 3.8) is 0 Å². The normalized spacial score (nSPS) is 12.4. The second kappa shape index (κ2) is 8.10. The van der Waals surface area contributed by atoms with E-state index < -0.39 is 0 Å². The standard InChI is InChI=1S/C19H19ClN2O4/c1-2-17(23)21-13-3-5-14(6-4-13)22-18(24)11-12-9-15(20)19-16(10-12)25-7-8-26-19/h3-6,9-10H,2,7-8,11H2,1H3,(H,21,23)(H,22,24). The van der Waals surface area contributed by atoms with Crippen molar-refractivity contribution >= 4 is 34.8 Å². The average molecular weight is 375 g/mol. The van der Waals surface area contributed by atoms with Crippen molar-refractivity contribution in [2.75, 3.05) is 23.8 Å². The van der Waals surface area contributed by atoms with Crippen molar-refractivity contribution in [1.82, 2.24) is 0 Å². The number of anilines is 2. The van der Waals surface area contributed by atoms with Gasteiger partial charge in [-0.2, -0.15) is 0 Å². The second-order valence-electron chi connectivity index (χ2n) is 5.81. The van der Waals surface area contributed by atoms with Crippen LogP contribution in [-0.2, 0) is 16.0 Å². The number of rotatable bonds is 5. The molecule has 0 atom stereocenters. The van der Waals surface area contributed by atoms with Crippen molar-refractivity contribution in [1.29, 1.82) is 0 Å². The SMILES string of the molecule is CCC(=O)Nc1ccc(NC(=O)Cc2cc(Cl)c3c(c2)OCCO3)cc1. The van der Waals surface area contributed by atoms with E-state index in [0.29, 0.717) is 47.5 Å². The molecule has 0 saturated carbocycles. The molecule has 0 aromatic heterocycles. The van der Waals surface area contributed by atoms with E-state index in [4.69, 9.17) is 21.1 Å². The van der Waals surface area contributed by atoms with Gasteiger partial charge in [-0.3, -0.25) is 9.59 Å². The minimum atomic E-state index is -0.178. The molecule has 26 heavy (non-hydrogen) atoms.